The highest BCUT2D eigenvalue weighted by Crippen LogP contribution is 2.37. The summed E-state index contributed by atoms with van der Waals surface area (Å²) in [4.78, 5) is 57.2. The molecule has 4 aliphatic rings. The maximum atomic E-state index is 13.2. The molecule has 0 radical (unpaired) electrons. The van der Waals surface area contributed by atoms with Gasteiger partial charge in [-0.1, -0.05) is 0 Å². The van der Waals surface area contributed by atoms with Gasteiger partial charge in [-0.2, -0.15) is 5.48 Å². The third-order valence-corrected chi connectivity index (χ3v) is 10.6. The Morgan fingerprint density at radius 1 is 0.733 bits per heavy atom. The second-order valence-electron chi connectivity index (χ2n) is 13.6. The lowest BCUT2D eigenvalue weighted by Gasteiger charge is -2.37. The van der Waals surface area contributed by atoms with Gasteiger partial charge in [0, 0.05) is 12.1 Å². The minimum absolute atomic E-state index is 0.0371. The molecule has 0 aromatic carbocycles. The molecular formula is C32H54N2O11. The van der Waals surface area contributed by atoms with Crippen molar-refractivity contribution < 1.29 is 53.7 Å². The third kappa shape index (κ3) is 10.8. The van der Waals surface area contributed by atoms with Gasteiger partial charge in [-0.25, -0.2) is 14.7 Å². The molecule has 0 aromatic heterocycles. The molecule has 13 nitrogen and oxygen atoms in total. The van der Waals surface area contributed by atoms with Crippen molar-refractivity contribution in [3.05, 3.63) is 0 Å². The van der Waals surface area contributed by atoms with E-state index >= 15 is 0 Å². The summed E-state index contributed by atoms with van der Waals surface area (Å²) in [5.41, 5.74) is 3.22. The van der Waals surface area contributed by atoms with Gasteiger partial charge in [0.25, 0.3) is 0 Å². The van der Waals surface area contributed by atoms with E-state index in [0.717, 1.165) is 64.2 Å². The van der Waals surface area contributed by atoms with Crippen molar-refractivity contribution in [2.24, 2.45) is 35.5 Å². The fourth-order valence-corrected chi connectivity index (χ4v) is 7.90. The van der Waals surface area contributed by atoms with E-state index in [9.17, 15) is 19.5 Å². The highest BCUT2D eigenvalue weighted by Gasteiger charge is 2.40. The topological polar surface area (TPSA) is 171 Å². The molecule has 0 heterocycles. The molecule has 0 saturated heterocycles. The van der Waals surface area contributed by atoms with Crippen LogP contribution in [0.4, 0.5) is 0 Å². The van der Waals surface area contributed by atoms with E-state index in [1.165, 1.54) is 14.2 Å². The molecule has 4 saturated carbocycles. The number of methoxy groups -OCH3 is 1. The number of hydrogen-bond acceptors (Lipinski definition) is 11. The predicted molar refractivity (Wildman–Crippen MR) is 160 cm³/mol. The molecule has 0 bridgehead atoms. The first kappa shape index (κ1) is 36.0. The number of carbonyl (C=O) groups excluding carboxylic acids is 2. The number of carboxylic acids is 1. The Bertz CT molecular complexity index is 923. The SMILES string of the molecule is COOCC1CCC(C(=O)O)C(C(=O)NC2CCC(OC3CCC(NOCC4CC(C(=O)OC)CCC4COO)CC3)CC2)C1. The number of carbonyl (C=O) groups is 3. The van der Waals surface area contributed by atoms with Crippen molar-refractivity contribution in [2.45, 2.75) is 114 Å². The van der Waals surface area contributed by atoms with Crippen LogP contribution in [-0.2, 0) is 43.4 Å². The van der Waals surface area contributed by atoms with Crippen LogP contribution in [0.2, 0.25) is 0 Å². The quantitative estimate of drug-likeness (QED) is 0.116. The summed E-state index contributed by atoms with van der Waals surface area (Å²) in [6.45, 7) is 1.04. The number of hydroxylamine groups is 1. The number of rotatable bonds is 15. The number of carboxylic acid groups (broad SMARTS) is 1. The summed E-state index contributed by atoms with van der Waals surface area (Å²) in [7, 11) is 2.86. The highest BCUT2D eigenvalue weighted by atomic mass is 17.2. The minimum atomic E-state index is -0.908. The van der Waals surface area contributed by atoms with Gasteiger partial charge in [-0.3, -0.25) is 19.6 Å². The minimum Gasteiger partial charge on any atom is -0.481 e. The van der Waals surface area contributed by atoms with Crippen LogP contribution < -0.4 is 10.8 Å². The molecule has 1 amide bonds. The molecule has 4 aliphatic carbocycles. The first-order chi connectivity index (χ1) is 21.8. The first-order valence-electron chi connectivity index (χ1n) is 16.9. The van der Waals surface area contributed by atoms with Crippen molar-refractivity contribution >= 4 is 17.8 Å². The van der Waals surface area contributed by atoms with Crippen molar-refractivity contribution in [2.75, 3.05) is 34.0 Å². The second-order valence-corrected chi connectivity index (χ2v) is 13.6. The van der Waals surface area contributed by atoms with Gasteiger partial charge in [0.05, 0.1) is 64.0 Å². The van der Waals surface area contributed by atoms with Crippen molar-refractivity contribution in [3.63, 3.8) is 0 Å². The average Bonchev–Trinajstić information content (AvgIpc) is 3.05. The normalized spacial score (nSPS) is 35.8. The Kier molecular flexibility index (Phi) is 14.8. The van der Waals surface area contributed by atoms with Crippen LogP contribution >= 0.6 is 0 Å². The highest BCUT2D eigenvalue weighted by molar-refractivity contribution is 5.85. The fourth-order valence-electron chi connectivity index (χ4n) is 7.90. The average molecular weight is 643 g/mol. The lowest BCUT2D eigenvalue weighted by atomic mass is 9.73. The predicted octanol–water partition coefficient (Wildman–Crippen LogP) is 3.65. The molecule has 13 heteroatoms. The summed E-state index contributed by atoms with van der Waals surface area (Å²) in [5, 5.41) is 21.8. The van der Waals surface area contributed by atoms with E-state index < -0.39 is 17.8 Å². The Balaban J connectivity index is 1.12. The zero-order chi connectivity index (χ0) is 32.2. The molecule has 45 heavy (non-hydrogen) atoms. The van der Waals surface area contributed by atoms with Crippen molar-refractivity contribution in [1.82, 2.24) is 10.8 Å². The van der Waals surface area contributed by atoms with Gasteiger partial charge < -0.3 is 24.7 Å². The summed E-state index contributed by atoms with van der Waals surface area (Å²) in [6, 6.07) is 0.272. The number of nitrogens with one attached hydrogen (secondary N) is 2. The standard InChI is InChI=1S/C32H54N2O11/c1-40-32(38)21-4-5-22(19-43-39)23(16-21)18-42-34-25-8-12-27(13-9-25)45-26-10-6-24(7-11-26)33-30(35)29-15-20(17-44-41-2)3-14-28(29)31(36)37/h20-29,34,39H,3-19H2,1-2H3,(H,33,35)(H,36,37). The van der Waals surface area contributed by atoms with Gasteiger partial charge in [0.15, 0.2) is 0 Å². The molecule has 4 N–H and O–H groups in total. The molecule has 6 unspecified atom stereocenters. The van der Waals surface area contributed by atoms with E-state index in [1.807, 2.05) is 0 Å². The van der Waals surface area contributed by atoms with Gasteiger partial charge in [0.1, 0.15) is 0 Å². The van der Waals surface area contributed by atoms with Gasteiger partial charge in [0.2, 0.25) is 5.91 Å². The fraction of sp³-hybridized carbons (Fsp3) is 0.906. The monoisotopic (exact) mass is 642 g/mol. The maximum Gasteiger partial charge on any atom is 0.308 e. The molecular weight excluding hydrogens is 588 g/mol. The number of amides is 1. The molecule has 0 aromatic rings. The summed E-state index contributed by atoms with van der Waals surface area (Å²) < 4.78 is 11.4. The Labute approximate surface area is 266 Å². The van der Waals surface area contributed by atoms with Crippen LogP contribution in [0.3, 0.4) is 0 Å². The molecule has 6 atom stereocenters. The molecule has 4 rings (SSSR count). The van der Waals surface area contributed by atoms with Crippen molar-refractivity contribution in [3.8, 4) is 0 Å². The molecule has 258 valence electrons. The van der Waals surface area contributed by atoms with Crippen LogP contribution in [-0.4, -0.2) is 86.5 Å². The lowest BCUT2D eigenvalue weighted by molar-refractivity contribution is -0.281. The third-order valence-electron chi connectivity index (χ3n) is 10.6. The van der Waals surface area contributed by atoms with E-state index in [0.29, 0.717) is 38.9 Å². The van der Waals surface area contributed by atoms with Crippen LogP contribution in [0.15, 0.2) is 0 Å². The van der Waals surface area contributed by atoms with Gasteiger partial charge in [-0.05, 0) is 108 Å². The Morgan fingerprint density at radius 2 is 1.42 bits per heavy atom. The largest absolute Gasteiger partial charge is 0.481 e. The summed E-state index contributed by atoms with van der Waals surface area (Å²) in [5.74, 6) is -2.29. The summed E-state index contributed by atoms with van der Waals surface area (Å²) >= 11 is 0. The van der Waals surface area contributed by atoms with Crippen LogP contribution in [0.5, 0.6) is 0 Å². The van der Waals surface area contributed by atoms with Crippen molar-refractivity contribution in [1.29, 1.82) is 0 Å². The number of esters is 1. The molecule has 0 spiro atoms. The molecule has 4 fully saturated rings. The second kappa shape index (κ2) is 18.5. The summed E-state index contributed by atoms with van der Waals surface area (Å²) in [6.07, 6.45) is 11.4. The first-order valence-corrected chi connectivity index (χ1v) is 16.9. The van der Waals surface area contributed by atoms with Crippen LogP contribution in [0, 0.1) is 35.5 Å². The van der Waals surface area contributed by atoms with Gasteiger partial charge >= 0.3 is 11.9 Å². The van der Waals surface area contributed by atoms with E-state index in [4.69, 9.17) is 29.3 Å². The number of ether oxygens (including phenoxy) is 2. The lowest BCUT2D eigenvalue weighted by Crippen LogP contribution is -2.47. The van der Waals surface area contributed by atoms with Gasteiger partial charge in [-0.15, -0.1) is 0 Å². The number of hydrogen-bond donors (Lipinski definition) is 4. The van der Waals surface area contributed by atoms with Crippen LogP contribution in [0.1, 0.15) is 89.9 Å². The zero-order valence-electron chi connectivity index (χ0n) is 26.9. The molecule has 0 aliphatic heterocycles. The van der Waals surface area contributed by atoms with E-state index in [2.05, 4.69) is 15.7 Å². The maximum absolute atomic E-state index is 13.2. The van der Waals surface area contributed by atoms with Crippen LogP contribution in [0.25, 0.3) is 0 Å². The van der Waals surface area contributed by atoms with E-state index in [1.54, 1.807) is 0 Å². The van der Waals surface area contributed by atoms with E-state index in [-0.39, 0.29) is 66.4 Å². The zero-order valence-corrected chi connectivity index (χ0v) is 26.9. The number of aliphatic carboxylic acids is 1. The Hall–Kier alpha value is -1.87. The smallest absolute Gasteiger partial charge is 0.308 e. The Morgan fingerprint density at radius 3 is 2.04 bits per heavy atom.